The molecular formula is C30H30ClN7. The fraction of sp³-hybridized carbons (Fsp3) is 0.300. The van der Waals surface area contributed by atoms with Crippen molar-refractivity contribution >= 4 is 33.4 Å². The molecule has 0 bridgehead atoms. The van der Waals surface area contributed by atoms with Gasteiger partial charge < -0.3 is 4.90 Å². The number of benzene rings is 2. The van der Waals surface area contributed by atoms with Crippen LogP contribution in [-0.2, 0) is 7.05 Å². The van der Waals surface area contributed by atoms with Crippen LogP contribution in [0.25, 0.3) is 44.2 Å². The number of aromatic nitrogens is 6. The lowest BCUT2D eigenvalue weighted by atomic mass is 9.60. The fourth-order valence-electron chi connectivity index (χ4n) is 6.60. The largest absolute Gasteiger partial charge is 0.371 e. The van der Waals surface area contributed by atoms with Gasteiger partial charge in [0.05, 0.1) is 34.5 Å². The van der Waals surface area contributed by atoms with Crippen molar-refractivity contribution in [2.75, 3.05) is 13.1 Å². The number of rotatable bonds is 5. The highest BCUT2D eigenvalue weighted by Crippen LogP contribution is 2.56. The second kappa shape index (κ2) is 8.08. The van der Waals surface area contributed by atoms with Crippen LogP contribution in [0.2, 0.25) is 5.02 Å². The minimum atomic E-state index is 0.350. The molecule has 2 aliphatic rings. The summed E-state index contributed by atoms with van der Waals surface area (Å²) in [6.45, 7) is 14.3. The number of aryl methyl sites for hydroxylation is 2. The van der Waals surface area contributed by atoms with Gasteiger partial charge in [-0.1, -0.05) is 30.8 Å². The lowest BCUT2D eigenvalue weighted by Gasteiger charge is -2.60. The molecule has 1 aliphatic carbocycles. The number of nitrogens with one attached hydrogen (secondary N) is 1. The predicted octanol–water partition coefficient (Wildman–Crippen LogP) is 6.59. The van der Waals surface area contributed by atoms with Crippen molar-refractivity contribution in [3.05, 3.63) is 77.9 Å². The Labute approximate surface area is 226 Å². The van der Waals surface area contributed by atoms with E-state index in [1.165, 1.54) is 0 Å². The first-order valence-corrected chi connectivity index (χ1v) is 13.4. The number of likely N-dealkylation sites (tertiary alicyclic amines) is 1. The Morgan fingerprint density at radius 3 is 2.71 bits per heavy atom. The monoisotopic (exact) mass is 523 g/mol. The molecule has 38 heavy (non-hydrogen) atoms. The van der Waals surface area contributed by atoms with Gasteiger partial charge in [-0.3, -0.25) is 14.5 Å². The van der Waals surface area contributed by atoms with E-state index in [0.29, 0.717) is 11.5 Å². The van der Waals surface area contributed by atoms with E-state index < -0.39 is 0 Å². The van der Waals surface area contributed by atoms with Crippen LogP contribution in [-0.4, -0.2) is 47.7 Å². The van der Waals surface area contributed by atoms with E-state index in [0.717, 1.165) is 92.1 Å². The first-order chi connectivity index (χ1) is 18.3. The van der Waals surface area contributed by atoms with Crippen molar-refractivity contribution < 1.29 is 0 Å². The summed E-state index contributed by atoms with van der Waals surface area (Å²) in [6, 6.07) is 8.86. The van der Waals surface area contributed by atoms with Crippen LogP contribution in [0.5, 0.6) is 0 Å². The van der Waals surface area contributed by atoms with Crippen LogP contribution in [0.3, 0.4) is 0 Å². The third kappa shape index (κ3) is 3.24. The van der Waals surface area contributed by atoms with Crippen LogP contribution >= 0.6 is 11.6 Å². The normalized spacial score (nSPS) is 16.8. The maximum Gasteiger partial charge on any atom is 0.101 e. The number of aromatic amines is 1. The third-order valence-electron chi connectivity index (χ3n) is 8.66. The number of H-pyrrole nitrogens is 1. The van der Waals surface area contributed by atoms with Crippen LogP contribution in [0.15, 0.2) is 61.6 Å². The molecule has 2 aromatic carbocycles. The molecule has 0 radical (unpaired) electrons. The summed E-state index contributed by atoms with van der Waals surface area (Å²) in [5.41, 5.74) is 9.65. The molecule has 7 rings (SSSR count). The van der Waals surface area contributed by atoms with Gasteiger partial charge in [0.25, 0.3) is 0 Å². The Hall–Kier alpha value is -3.84. The first kappa shape index (κ1) is 23.3. The van der Waals surface area contributed by atoms with E-state index in [1.54, 1.807) is 0 Å². The van der Waals surface area contributed by atoms with E-state index in [4.69, 9.17) is 16.7 Å². The highest BCUT2D eigenvalue weighted by Gasteiger charge is 2.53. The van der Waals surface area contributed by atoms with Crippen LogP contribution in [0.4, 0.5) is 0 Å². The van der Waals surface area contributed by atoms with E-state index in [1.807, 2.05) is 37.1 Å². The van der Waals surface area contributed by atoms with Crippen LogP contribution in [0, 0.1) is 19.3 Å². The molecule has 192 valence electrons. The fourth-order valence-corrected chi connectivity index (χ4v) is 6.85. The van der Waals surface area contributed by atoms with Crippen LogP contribution in [0.1, 0.15) is 30.1 Å². The average Bonchev–Trinajstić information content (AvgIpc) is 3.56. The molecular weight excluding hydrogens is 494 g/mol. The van der Waals surface area contributed by atoms with Gasteiger partial charge >= 0.3 is 0 Å². The summed E-state index contributed by atoms with van der Waals surface area (Å²) in [4.78, 5) is 2.32. The van der Waals surface area contributed by atoms with Gasteiger partial charge in [-0.15, -0.1) is 0 Å². The molecule has 1 saturated carbocycles. The summed E-state index contributed by atoms with van der Waals surface area (Å²) in [5, 5.41) is 20.1. The van der Waals surface area contributed by atoms with Gasteiger partial charge in [0.2, 0.25) is 0 Å². The van der Waals surface area contributed by atoms with Crippen LogP contribution < -0.4 is 0 Å². The summed E-state index contributed by atoms with van der Waals surface area (Å²) in [5.74, 6) is 0. The minimum Gasteiger partial charge on any atom is -0.371 e. The van der Waals surface area contributed by atoms with Gasteiger partial charge in [0, 0.05) is 64.4 Å². The zero-order valence-corrected chi connectivity index (χ0v) is 22.7. The Morgan fingerprint density at radius 2 is 1.95 bits per heavy atom. The van der Waals surface area contributed by atoms with Gasteiger partial charge in [-0.2, -0.15) is 15.3 Å². The van der Waals surface area contributed by atoms with E-state index in [-0.39, 0.29) is 0 Å². The molecule has 0 atom stereocenters. The van der Waals surface area contributed by atoms with Gasteiger partial charge in [-0.05, 0) is 56.5 Å². The van der Waals surface area contributed by atoms with E-state index >= 15 is 0 Å². The maximum absolute atomic E-state index is 7.05. The molecule has 1 spiro atoms. The molecule has 0 unspecified atom stereocenters. The summed E-state index contributed by atoms with van der Waals surface area (Å²) in [6.07, 6.45) is 7.85. The van der Waals surface area contributed by atoms with Crippen molar-refractivity contribution in [2.24, 2.45) is 12.5 Å². The molecule has 4 heterocycles. The third-order valence-corrected chi connectivity index (χ3v) is 9.15. The lowest BCUT2D eigenvalue weighted by Crippen LogP contribution is -2.61. The van der Waals surface area contributed by atoms with Crippen molar-refractivity contribution in [3.8, 4) is 22.4 Å². The smallest absolute Gasteiger partial charge is 0.101 e. The second-order valence-electron chi connectivity index (χ2n) is 11.1. The number of allylic oxidation sites excluding steroid dienone is 1. The van der Waals surface area contributed by atoms with E-state index in [9.17, 15) is 0 Å². The zero-order chi connectivity index (χ0) is 26.3. The van der Waals surface area contributed by atoms with Crippen molar-refractivity contribution in [1.82, 2.24) is 34.7 Å². The Kier molecular flexibility index (Phi) is 4.95. The summed E-state index contributed by atoms with van der Waals surface area (Å²) >= 11 is 7.05. The molecule has 2 fully saturated rings. The first-order valence-electron chi connectivity index (χ1n) is 13.0. The quantitative estimate of drug-likeness (QED) is 0.264. The molecule has 7 nitrogen and oxygen atoms in total. The second-order valence-corrected chi connectivity index (χ2v) is 11.5. The topological polar surface area (TPSA) is 67.6 Å². The molecule has 8 heteroatoms. The molecule has 0 amide bonds. The van der Waals surface area contributed by atoms with Gasteiger partial charge in [0.15, 0.2) is 0 Å². The standard InChI is InChI=1S/C30H30ClN7/c1-6-18(3)37-15-30(16-37)11-22(12-30)38-19(4)26(27-23-14-32-34-24(23)9-17(2)28(27)31)29(35-38)20-7-8-25-21(10-20)13-33-36(25)5/h6-10,13-14,22H,1,3,11-12,15-16H2,2,4-5H3,(H,32,34). The Balaban J connectivity index is 1.36. The number of nitrogens with zero attached hydrogens (tertiary/aromatic N) is 6. The Morgan fingerprint density at radius 1 is 1.16 bits per heavy atom. The minimum absolute atomic E-state index is 0.350. The lowest BCUT2D eigenvalue weighted by molar-refractivity contribution is -0.0726. The number of fused-ring (bicyclic) bond motifs is 2. The number of hydrogen-bond donors (Lipinski definition) is 1. The van der Waals surface area contributed by atoms with E-state index in [2.05, 4.69) is 69.2 Å². The zero-order valence-electron chi connectivity index (χ0n) is 21.9. The molecule has 1 saturated heterocycles. The van der Waals surface area contributed by atoms with Crippen molar-refractivity contribution in [3.63, 3.8) is 0 Å². The average molecular weight is 524 g/mol. The highest BCUT2D eigenvalue weighted by molar-refractivity contribution is 6.36. The maximum atomic E-state index is 7.05. The molecule has 1 aliphatic heterocycles. The summed E-state index contributed by atoms with van der Waals surface area (Å²) in [7, 11) is 1.97. The highest BCUT2D eigenvalue weighted by atomic mass is 35.5. The molecule has 1 N–H and O–H groups in total. The van der Waals surface area contributed by atoms with Crippen molar-refractivity contribution in [1.29, 1.82) is 0 Å². The number of hydrogen-bond acceptors (Lipinski definition) is 4. The Bertz CT molecular complexity index is 1770. The predicted molar refractivity (Wildman–Crippen MR) is 153 cm³/mol. The molecule has 5 aromatic rings. The number of halogens is 1. The summed E-state index contributed by atoms with van der Waals surface area (Å²) < 4.78 is 4.14. The molecule has 3 aromatic heterocycles. The SMILES string of the molecule is C=CC(=C)N1CC2(CC(n3nc(-c4ccc5c(cnn5C)c4)c(-c4c(Cl)c(C)cc5[nH]ncc45)c3C)C2)C1. The van der Waals surface area contributed by atoms with Gasteiger partial charge in [-0.25, -0.2) is 0 Å². The van der Waals surface area contributed by atoms with Gasteiger partial charge in [0.1, 0.15) is 5.69 Å². The van der Waals surface area contributed by atoms with Crippen molar-refractivity contribution in [2.45, 2.75) is 32.7 Å².